The van der Waals surface area contributed by atoms with Gasteiger partial charge in [0.25, 0.3) is 0 Å². The summed E-state index contributed by atoms with van der Waals surface area (Å²) in [5.41, 5.74) is 0. The number of rotatable bonds is 8. The zero-order valence-corrected chi connectivity index (χ0v) is 14.4. The minimum absolute atomic E-state index is 0.0337. The fourth-order valence-corrected chi connectivity index (χ4v) is 4.26. The first-order valence-corrected chi connectivity index (χ1v) is 9.99. The molecule has 0 radical (unpaired) electrons. The highest BCUT2D eigenvalue weighted by Gasteiger charge is 2.27. The molecule has 1 N–H and O–H groups in total. The van der Waals surface area contributed by atoms with Crippen molar-refractivity contribution in [1.82, 2.24) is 9.62 Å². The zero-order valence-electron chi connectivity index (χ0n) is 13.6. The molecule has 1 amide bonds. The molecule has 0 unspecified atom stereocenters. The lowest BCUT2D eigenvalue weighted by molar-refractivity contribution is -0.125. The van der Waals surface area contributed by atoms with Gasteiger partial charge in [0.1, 0.15) is 0 Å². The third kappa shape index (κ3) is 5.94. The summed E-state index contributed by atoms with van der Waals surface area (Å²) in [4.78, 5) is 11.9. The molecule has 6 heteroatoms. The smallest absolute Gasteiger partial charge is 0.223 e. The SMILES string of the molecule is CCC(CC)C(=O)NCCN(C1CCCCC1)S(C)(=O)=O. The van der Waals surface area contributed by atoms with Crippen LogP contribution in [-0.2, 0) is 14.8 Å². The second-order valence-corrected chi connectivity index (χ2v) is 7.91. The van der Waals surface area contributed by atoms with E-state index >= 15 is 0 Å². The summed E-state index contributed by atoms with van der Waals surface area (Å²) in [6.07, 6.45) is 8.17. The summed E-state index contributed by atoms with van der Waals surface area (Å²) >= 11 is 0. The van der Waals surface area contributed by atoms with Gasteiger partial charge in [0.05, 0.1) is 6.26 Å². The number of sulfonamides is 1. The first kappa shape index (κ1) is 18.4. The molecule has 0 saturated heterocycles. The van der Waals surface area contributed by atoms with E-state index in [4.69, 9.17) is 0 Å². The molecule has 21 heavy (non-hydrogen) atoms. The van der Waals surface area contributed by atoms with E-state index in [1.165, 1.54) is 12.7 Å². The van der Waals surface area contributed by atoms with E-state index < -0.39 is 10.0 Å². The van der Waals surface area contributed by atoms with Crippen LogP contribution < -0.4 is 5.32 Å². The molecular formula is C15H30N2O3S. The second kappa shape index (κ2) is 8.73. The summed E-state index contributed by atoms with van der Waals surface area (Å²) in [5.74, 6) is 0.0726. The molecule has 0 aromatic rings. The summed E-state index contributed by atoms with van der Waals surface area (Å²) < 4.78 is 25.5. The van der Waals surface area contributed by atoms with Gasteiger partial charge in [-0.05, 0) is 25.7 Å². The molecule has 1 rings (SSSR count). The maximum Gasteiger partial charge on any atom is 0.223 e. The Kier molecular flexibility index (Phi) is 7.66. The minimum Gasteiger partial charge on any atom is -0.355 e. The van der Waals surface area contributed by atoms with E-state index in [-0.39, 0.29) is 17.9 Å². The molecule has 124 valence electrons. The number of carbonyl (C=O) groups excluding carboxylic acids is 1. The van der Waals surface area contributed by atoms with Gasteiger partial charge >= 0.3 is 0 Å². The molecule has 0 bridgehead atoms. The molecule has 0 aromatic carbocycles. The summed E-state index contributed by atoms with van der Waals surface area (Å²) in [5, 5.41) is 2.88. The third-order valence-corrected chi connectivity index (χ3v) is 5.73. The Labute approximate surface area is 129 Å². The van der Waals surface area contributed by atoms with Gasteiger partial charge in [0.15, 0.2) is 0 Å². The summed E-state index contributed by atoms with van der Waals surface area (Å²) in [7, 11) is -3.21. The van der Waals surface area contributed by atoms with E-state index in [0.717, 1.165) is 38.5 Å². The van der Waals surface area contributed by atoms with E-state index in [1.807, 2.05) is 13.8 Å². The predicted molar refractivity (Wildman–Crippen MR) is 85.5 cm³/mol. The molecule has 1 fully saturated rings. The zero-order chi connectivity index (χ0) is 15.9. The molecule has 0 heterocycles. The first-order valence-electron chi connectivity index (χ1n) is 8.14. The number of amides is 1. The van der Waals surface area contributed by atoms with E-state index in [1.54, 1.807) is 4.31 Å². The highest BCUT2D eigenvalue weighted by atomic mass is 32.2. The average molecular weight is 318 g/mol. The van der Waals surface area contributed by atoms with Gasteiger partial charge in [-0.1, -0.05) is 33.1 Å². The maximum absolute atomic E-state index is 12.0. The third-order valence-electron chi connectivity index (χ3n) is 4.40. The van der Waals surface area contributed by atoms with Crippen molar-refractivity contribution in [3.8, 4) is 0 Å². The molecular weight excluding hydrogens is 288 g/mol. The molecule has 0 atom stereocenters. The maximum atomic E-state index is 12.0. The number of hydrogen-bond acceptors (Lipinski definition) is 3. The normalized spacial score (nSPS) is 17.4. The molecule has 1 aliphatic carbocycles. The van der Waals surface area contributed by atoms with Crippen molar-refractivity contribution in [2.75, 3.05) is 19.3 Å². The van der Waals surface area contributed by atoms with Crippen molar-refractivity contribution in [2.24, 2.45) is 5.92 Å². The second-order valence-electron chi connectivity index (χ2n) is 5.97. The van der Waals surface area contributed by atoms with Crippen LogP contribution in [0.5, 0.6) is 0 Å². The quantitative estimate of drug-likeness (QED) is 0.745. The van der Waals surface area contributed by atoms with Gasteiger partial charge in [0, 0.05) is 25.0 Å². The lowest BCUT2D eigenvalue weighted by Gasteiger charge is -2.32. The Balaban J connectivity index is 2.52. The molecule has 5 nitrogen and oxygen atoms in total. The largest absolute Gasteiger partial charge is 0.355 e. The standard InChI is InChI=1S/C15H30N2O3S/c1-4-13(5-2)15(18)16-11-12-17(21(3,19)20)14-9-7-6-8-10-14/h13-14H,4-12H2,1-3H3,(H,16,18). The van der Waals surface area contributed by atoms with Gasteiger partial charge in [-0.3, -0.25) is 4.79 Å². The Morgan fingerprint density at radius 3 is 2.24 bits per heavy atom. The fraction of sp³-hybridized carbons (Fsp3) is 0.933. The molecule has 0 aromatic heterocycles. The van der Waals surface area contributed by atoms with Crippen LogP contribution in [0.3, 0.4) is 0 Å². The average Bonchev–Trinajstić information content (AvgIpc) is 2.44. The van der Waals surface area contributed by atoms with Crippen LogP contribution in [0, 0.1) is 5.92 Å². The predicted octanol–water partition coefficient (Wildman–Crippen LogP) is 2.13. The molecule has 1 saturated carbocycles. The van der Waals surface area contributed by atoms with E-state index in [0.29, 0.717) is 13.1 Å². The number of hydrogen-bond donors (Lipinski definition) is 1. The van der Waals surface area contributed by atoms with Crippen molar-refractivity contribution < 1.29 is 13.2 Å². The number of nitrogens with zero attached hydrogens (tertiary/aromatic N) is 1. The summed E-state index contributed by atoms with van der Waals surface area (Å²) in [6.45, 7) is 4.78. The van der Waals surface area contributed by atoms with Gasteiger partial charge in [-0.15, -0.1) is 0 Å². The van der Waals surface area contributed by atoms with E-state index in [9.17, 15) is 13.2 Å². The summed E-state index contributed by atoms with van der Waals surface area (Å²) in [6, 6.07) is 0.110. The lowest BCUT2D eigenvalue weighted by Crippen LogP contribution is -2.45. The van der Waals surface area contributed by atoms with Crippen LogP contribution in [0.4, 0.5) is 0 Å². The van der Waals surface area contributed by atoms with Crippen molar-refractivity contribution in [3.63, 3.8) is 0 Å². The lowest BCUT2D eigenvalue weighted by atomic mass is 9.95. The van der Waals surface area contributed by atoms with Crippen molar-refractivity contribution in [3.05, 3.63) is 0 Å². The van der Waals surface area contributed by atoms with Gasteiger partial charge < -0.3 is 5.32 Å². The van der Waals surface area contributed by atoms with Crippen LogP contribution in [0.25, 0.3) is 0 Å². The van der Waals surface area contributed by atoms with Crippen molar-refractivity contribution in [2.45, 2.75) is 64.8 Å². The van der Waals surface area contributed by atoms with Crippen LogP contribution >= 0.6 is 0 Å². The van der Waals surface area contributed by atoms with Crippen LogP contribution in [0.15, 0.2) is 0 Å². The van der Waals surface area contributed by atoms with E-state index in [2.05, 4.69) is 5.32 Å². The molecule has 1 aliphatic rings. The monoisotopic (exact) mass is 318 g/mol. The Morgan fingerprint density at radius 2 is 1.76 bits per heavy atom. The highest BCUT2D eigenvalue weighted by molar-refractivity contribution is 7.88. The topological polar surface area (TPSA) is 66.5 Å². The number of carbonyl (C=O) groups is 1. The number of nitrogens with one attached hydrogen (secondary N) is 1. The fourth-order valence-electron chi connectivity index (χ4n) is 3.08. The van der Waals surface area contributed by atoms with Crippen LogP contribution in [-0.4, -0.2) is 44.0 Å². The Morgan fingerprint density at radius 1 is 1.19 bits per heavy atom. The molecule has 0 aliphatic heterocycles. The highest BCUT2D eigenvalue weighted by Crippen LogP contribution is 2.24. The molecule has 0 spiro atoms. The van der Waals surface area contributed by atoms with Crippen LogP contribution in [0.2, 0.25) is 0 Å². The van der Waals surface area contributed by atoms with Gasteiger partial charge in [-0.2, -0.15) is 4.31 Å². The Hall–Kier alpha value is -0.620. The Bertz CT molecular complexity index is 413. The minimum atomic E-state index is -3.21. The van der Waals surface area contributed by atoms with Crippen molar-refractivity contribution in [1.29, 1.82) is 0 Å². The van der Waals surface area contributed by atoms with Gasteiger partial charge in [-0.25, -0.2) is 8.42 Å². The van der Waals surface area contributed by atoms with Crippen molar-refractivity contribution >= 4 is 15.9 Å². The van der Waals surface area contributed by atoms with Gasteiger partial charge in [0.2, 0.25) is 15.9 Å². The van der Waals surface area contributed by atoms with Crippen LogP contribution in [0.1, 0.15) is 58.8 Å². The first-order chi connectivity index (χ1) is 9.90.